The van der Waals surface area contributed by atoms with Crippen molar-refractivity contribution in [3.05, 3.63) is 78.4 Å². The van der Waals surface area contributed by atoms with Crippen LogP contribution in [0.2, 0.25) is 0 Å². The van der Waals surface area contributed by atoms with Crippen molar-refractivity contribution in [2.45, 2.75) is 14.7 Å². The molecule has 0 fully saturated rings. The Morgan fingerprint density at radius 1 is 0.867 bits per heavy atom. The van der Waals surface area contributed by atoms with Gasteiger partial charge in [-0.05, 0) is 79.2 Å². The average Bonchev–Trinajstić information content (AvgIpc) is 2.78. The lowest BCUT2D eigenvalue weighted by molar-refractivity contribution is 0.102. The topological polar surface area (TPSA) is 66.5 Å². The van der Waals surface area contributed by atoms with Crippen LogP contribution in [0.1, 0.15) is 10.4 Å². The Kier molecular flexibility index (Phi) is 7.12. The molecule has 0 radical (unpaired) electrons. The zero-order valence-corrected chi connectivity index (χ0v) is 19.3. The fourth-order valence-corrected chi connectivity index (χ4v) is 4.83. The van der Waals surface area contributed by atoms with Gasteiger partial charge in [-0.1, -0.05) is 6.07 Å². The first-order valence-corrected chi connectivity index (χ1v) is 12.9. The number of thioether (sulfide) groups is 2. The minimum absolute atomic E-state index is 0.221. The largest absolute Gasteiger partial charge is 0.322 e. The zero-order valence-electron chi connectivity index (χ0n) is 16.8. The smallest absolute Gasteiger partial charge is 0.264 e. The third-order valence-electron chi connectivity index (χ3n) is 4.54. The third kappa shape index (κ3) is 5.00. The number of hydrogen-bond donors (Lipinski definition) is 1. The molecule has 0 spiro atoms. The highest BCUT2D eigenvalue weighted by molar-refractivity contribution is 7.98. The molecule has 5 nitrogen and oxygen atoms in total. The molecule has 0 aliphatic carbocycles. The van der Waals surface area contributed by atoms with Gasteiger partial charge in [-0.2, -0.15) is 0 Å². The molecule has 156 valence electrons. The number of nitrogens with zero attached hydrogens (tertiary/aromatic N) is 1. The van der Waals surface area contributed by atoms with Gasteiger partial charge in [0.2, 0.25) is 0 Å². The number of hydrogen-bond acceptors (Lipinski definition) is 5. The number of amides is 1. The number of benzene rings is 3. The van der Waals surface area contributed by atoms with Gasteiger partial charge in [-0.15, -0.1) is 23.5 Å². The molecule has 8 heteroatoms. The molecule has 0 aliphatic heterocycles. The summed E-state index contributed by atoms with van der Waals surface area (Å²) in [5.41, 5.74) is 1.64. The van der Waals surface area contributed by atoms with Crippen LogP contribution in [0.5, 0.6) is 0 Å². The second-order valence-electron chi connectivity index (χ2n) is 6.38. The molecule has 1 N–H and O–H groups in total. The summed E-state index contributed by atoms with van der Waals surface area (Å²) in [6, 6.07) is 20.8. The molecule has 30 heavy (non-hydrogen) atoms. The van der Waals surface area contributed by atoms with Gasteiger partial charge in [0.25, 0.3) is 15.9 Å². The van der Waals surface area contributed by atoms with Gasteiger partial charge in [0.15, 0.2) is 0 Å². The van der Waals surface area contributed by atoms with Gasteiger partial charge in [0.1, 0.15) is 0 Å². The number of anilines is 2. The maximum atomic E-state index is 12.9. The minimum atomic E-state index is -3.69. The van der Waals surface area contributed by atoms with E-state index in [-0.39, 0.29) is 10.8 Å². The van der Waals surface area contributed by atoms with Crippen molar-refractivity contribution in [1.82, 2.24) is 0 Å². The monoisotopic (exact) mass is 458 g/mol. The molecular formula is C22H22N2O3S3. The summed E-state index contributed by atoms with van der Waals surface area (Å²) in [5, 5.41) is 2.86. The second kappa shape index (κ2) is 9.59. The molecule has 0 saturated carbocycles. The van der Waals surface area contributed by atoms with Crippen molar-refractivity contribution >= 4 is 50.8 Å². The van der Waals surface area contributed by atoms with E-state index in [0.717, 1.165) is 9.79 Å². The van der Waals surface area contributed by atoms with Crippen molar-refractivity contribution in [2.24, 2.45) is 0 Å². The molecular weight excluding hydrogens is 436 g/mol. The molecule has 3 aromatic rings. The summed E-state index contributed by atoms with van der Waals surface area (Å²) in [5.74, 6) is -0.252. The zero-order chi connectivity index (χ0) is 21.7. The predicted octanol–water partition coefficient (Wildman–Crippen LogP) is 5.21. The van der Waals surface area contributed by atoms with Crippen molar-refractivity contribution < 1.29 is 13.2 Å². The number of carbonyl (C=O) groups excluding carboxylic acids is 1. The summed E-state index contributed by atoms with van der Waals surface area (Å²) in [7, 11) is -2.18. The van der Waals surface area contributed by atoms with E-state index in [1.54, 1.807) is 72.1 Å². The van der Waals surface area contributed by atoms with Crippen molar-refractivity contribution in [2.75, 3.05) is 29.2 Å². The molecule has 1 amide bonds. The Hall–Kier alpha value is -2.42. The van der Waals surface area contributed by atoms with Crippen molar-refractivity contribution in [3.8, 4) is 0 Å². The second-order valence-corrected chi connectivity index (χ2v) is 10.1. The van der Waals surface area contributed by atoms with Gasteiger partial charge in [-0.25, -0.2) is 8.42 Å². The number of carbonyl (C=O) groups is 1. The SMILES string of the molecule is CSc1ccc(S(=O)(=O)N(C)c2ccc(C(=O)Nc3cccc(SC)c3)cc2)cc1. The van der Waals surface area contributed by atoms with Gasteiger partial charge in [0, 0.05) is 28.1 Å². The average molecular weight is 459 g/mol. The van der Waals surface area contributed by atoms with E-state index in [0.29, 0.717) is 16.9 Å². The molecule has 0 atom stereocenters. The van der Waals surface area contributed by atoms with Crippen LogP contribution in [0, 0.1) is 0 Å². The van der Waals surface area contributed by atoms with Crippen molar-refractivity contribution in [1.29, 1.82) is 0 Å². The molecule has 0 aliphatic rings. The van der Waals surface area contributed by atoms with Crippen LogP contribution in [0.15, 0.2) is 87.5 Å². The summed E-state index contributed by atoms with van der Waals surface area (Å²) in [6.45, 7) is 0. The fourth-order valence-electron chi connectivity index (χ4n) is 2.77. The van der Waals surface area contributed by atoms with E-state index >= 15 is 0 Å². The van der Waals surface area contributed by atoms with E-state index < -0.39 is 10.0 Å². The van der Waals surface area contributed by atoms with Crippen LogP contribution >= 0.6 is 23.5 Å². The van der Waals surface area contributed by atoms with Crippen LogP contribution < -0.4 is 9.62 Å². The van der Waals surface area contributed by atoms with Gasteiger partial charge < -0.3 is 5.32 Å². The van der Waals surface area contributed by atoms with E-state index in [9.17, 15) is 13.2 Å². The van der Waals surface area contributed by atoms with E-state index in [4.69, 9.17) is 0 Å². The Balaban J connectivity index is 1.75. The first kappa shape index (κ1) is 22.3. The quantitative estimate of drug-likeness (QED) is 0.493. The highest BCUT2D eigenvalue weighted by Crippen LogP contribution is 2.25. The lowest BCUT2D eigenvalue weighted by Gasteiger charge is -2.20. The van der Waals surface area contributed by atoms with Crippen LogP contribution in [-0.4, -0.2) is 33.9 Å². The molecule has 0 saturated heterocycles. The summed E-state index contributed by atoms with van der Waals surface area (Å²) in [6.07, 6.45) is 3.91. The molecule has 3 aromatic carbocycles. The summed E-state index contributed by atoms with van der Waals surface area (Å²) < 4.78 is 27.0. The summed E-state index contributed by atoms with van der Waals surface area (Å²) >= 11 is 3.15. The summed E-state index contributed by atoms with van der Waals surface area (Å²) in [4.78, 5) is 14.8. The normalized spacial score (nSPS) is 11.2. The Morgan fingerprint density at radius 2 is 1.50 bits per heavy atom. The highest BCUT2D eigenvalue weighted by Gasteiger charge is 2.21. The maximum Gasteiger partial charge on any atom is 0.264 e. The van der Waals surface area contributed by atoms with Crippen LogP contribution in [0.25, 0.3) is 0 Å². The molecule has 3 rings (SSSR count). The molecule has 0 bridgehead atoms. The first-order valence-electron chi connectivity index (χ1n) is 9.03. The van der Waals surface area contributed by atoms with Gasteiger partial charge >= 0.3 is 0 Å². The Labute approximate surface area is 185 Å². The Bertz CT molecular complexity index is 1130. The third-order valence-corrected chi connectivity index (χ3v) is 7.81. The van der Waals surface area contributed by atoms with Crippen LogP contribution in [0.3, 0.4) is 0 Å². The lowest BCUT2D eigenvalue weighted by atomic mass is 10.2. The van der Waals surface area contributed by atoms with Crippen LogP contribution in [-0.2, 0) is 10.0 Å². The molecule has 0 unspecified atom stereocenters. The van der Waals surface area contributed by atoms with E-state index in [2.05, 4.69) is 5.32 Å². The molecule has 0 aromatic heterocycles. The van der Waals surface area contributed by atoms with Crippen LogP contribution in [0.4, 0.5) is 11.4 Å². The fraction of sp³-hybridized carbons (Fsp3) is 0.136. The number of sulfonamides is 1. The van der Waals surface area contributed by atoms with Gasteiger partial charge in [0.05, 0.1) is 10.6 Å². The highest BCUT2D eigenvalue weighted by atomic mass is 32.2. The Morgan fingerprint density at radius 3 is 2.10 bits per heavy atom. The van der Waals surface area contributed by atoms with E-state index in [1.165, 1.54) is 11.4 Å². The maximum absolute atomic E-state index is 12.9. The predicted molar refractivity (Wildman–Crippen MR) is 126 cm³/mol. The molecule has 0 heterocycles. The first-order chi connectivity index (χ1) is 14.3. The number of rotatable bonds is 7. The number of nitrogens with one attached hydrogen (secondary N) is 1. The van der Waals surface area contributed by atoms with Crippen molar-refractivity contribution in [3.63, 3.8) is 0 Å². The standard InChI is InChI=1S/C22H22N2O3S3/c1-24(30(26,27)21-13-11-19(28-2)12-14-21)18-9-7-16(8-10-18)22(25)23-17-5-4-6-20(15-17)29-3/h4-15H,1-3H3,(H,23,25). The minimum Gasteiger partial charge on any atom is -0.322 e. The van der Waals surface area contributed by atoms with Gasteiger partial charge in [-0.3, -0.25) is 9.10 Å². The van der Waals surface area contributed by atoms with E-state index in [1.807, 2.05) is 36.8 Å². The lowest BCUT2D eigenvalue weighted by Crippen LogP contribution is -2.26.